The number of aliphatic hydroxyl groups is 1. The highest BCUT2D eigenvalue weighted by Gasteiger charge is 2.18. The average Bonchev–Trinajstić information content (AvgIpc) is 2.81. The summed E-state index contributed by atoms with van der Waals surface area (Å²) in [4.78, 5) is 8.56. The molecule has 0 unspecified atom stereocenters. The predicted molar refractivity (Wildman–Crippen MR) is 76.0 cm³/mol. The molecule has 0 aliphatic rings. The van der Waals surface area contributed by atoms with E-state index in [9.17, 15) is 0 Å². The maximum Gasteiger partial charge on any atom is 0.180 e. The van der Waals surface area contributed by atoms with Gasteiger partial charge in [0.15, 0.2) is 11.5 Å². The number of nitrogens with two attached hydrogens (primary N) is 1. The molecule has 0 spiro atoms. The third-order valence-corrected chi connectivity index (χ3v) is 3.14. The van der Waals surface area contributed by atoms with Crippen LogP contribution >= 0.6 is 0 Å². The number of aliphatic hydroxyl groups excluding tert-OH is 1. The van der Waals surface area contributed by atoms with Gasteiger partial charge in [-0.1, -0.05) is 13.8 Å². The number of hydrogen-bond acceptors (Lipinski definition) is 5. The molecule has 0 aromatic carbocycles. The summed E-state index contributed by atoms with van der Waals surface area (Å²) in [6.45, 7) is 5.30. The molecule has 2 rings (SSSR count). The lowest BCUT2D eigenvalue weighted by atomic mass is 9.88. The maximum atomic E-state index is 8.90. The maximum absolute atomic E-state index is 8.90. The van der Waals surface area contributed by atoms with E-state index in [1.54, 1.807) is 12.4 Å². The number of nitrogens with one attached hydrogen (secondary N) is 1. The van der Waals surface area contributed by atoms with Crippen LogP contribution in [0.25, 0.3) is 5.65 Å². The van der Waals surface area contributed by atoms with Crippen molar-refractivity contribution in [3.63, 3.8) is 0 Å². The van der Waals surface area contributed by atoms with Crippen molar-refractivity contribution in [2.75, 3.05) is 24.2 Å². The van der Waals surface area contributed by atoms with E-state index in [0.717, 1.165) is 25.0 Å². The van der Waals surface area contributed by atoms with E-state index in [0.29, 0.717) is 11.6 Å². The fourth-order valence-electron chi connectivity index (χ4n) is 2.04. The van der Waals surface area contributed by atoms with Crippen LogP contribution in [0.4, 0.5) is 11.6 Å². The summed E-state index contributed by atoms with van der Waals surface area (Å²) < 4.78 is 1.85. The molecule has 0 atom stereocenters. The lowest BCUT2D eigenvalue weighted by molar-refractivity contribution is 0.248. The number of nitrogens with zero attached hydrogens (tertiary/aromatic N) is 3. The van der Waals surface area contributed by atoms with Crippen molar-refractivity contribution in [3.8, 4) is 0 Å². The molecule has 0 fully saturated rings. The Balaban J connectivity index is 2.11. The fourth-order valence-corrected chi connectivity index (χ4v) is 2.04. The molecule has 104 valence electrons. The Morgan fingerprint density at radius 3 is 3.00 bits per heavy atom. The molecule has 19 heavy (non-hydrogen) atoms. The molecular weight excluding hydrogens is 242 g/mol. The Hall–Kier alpha value is -1.82. The number of aromatic nitrogens is 3. The second-order valence-electron chi connectivity index (χ2n) is 5.52. The van der Waals surface area contributed by atoms with E-state index in [1.165, 1.54) is 0 Å². The Morgan fingerprint density at radius 1 is 1.47 bits per heavy atom. The predicted octanol–water partition coefficient (Wildman–Crippen LogP) is 1.52. The van der Waals surface area contributed by atoms with Crippen LogP contribution < -0.4 is 11.1 Å². The monoisotopic (exact) mass is 263 g/mol. The summed E-state index contributed by atoms with van der Waals surface area (Å²) in [5.41, 5.74) is 6.62. The average molecular weight is 263 g/mol. The van der Waals surface area contributed by atoms with Crippen molar-refractivity contribution >= 4 is 17.3 Å². The van der Waals surface area contributed by atoms with Crippen LogP contribution in [0.2, 0.25) is 0 Å². The Labute approximate surface area is 112 Å². The lowest BCUT2D eigenvalue weighted by Gasteiger charge is -2.25. The molecular formula is C13H21N5O. The first-order valence-corrected chi connectivity index (χ1v) is 6.46. The largest absolute Gasteiger partial charge is 0.396 e. The zero-order valence-corrected chi connectivity index (χ0v) is 11.4. The molecule has 2 aromatic rings. The minimum atomic E-state index is 0.0819. The minimum Gasteiger partial charge on any atom is -0.396 e. The molecule has 0 saturated carbocycles. The first kappa shape index (κ1) is 13.6. The summed E-state index contributed by atoms with van der Waals surface area (Å²) in [5, 5.41) is 12.2. The molecule has 0 saturated heterocycles. The zero-order valence-electron chi connectivity index (χ0n) is 11.4. The van der Waals surface area contributed by atoms with Gasteiger partial charge in [0.2, 0.25) is 0 Å². The van der Waals surface area contributed by atoms with Gasteiger partial charge in [-0.05, 0) is 18.3 Å². The van der Waals surface area contributed by atoms with Crippen LogP contribution in [0.15, 0.2) is 18.6 Å². The molecule has 6 nitrogen and oxygen atoms in total. The van der Waals surface area contributed by atoms with Crippen LogP contribution in [-0.2, 0) is 0 Å². The van der Waals surface area contributed by atoms with E-state index < -0.39 is 0 Å². The van der Waals surface area contributed by atoms with Gasteiger partial charge in [0.1, 0.15) is 5.82 Å². The van der Waals surface area contributed by atoms with Crippen molar-refractivity contribution in [3.05, 3.63) is 18.6 Å². The number of hydrogen-bond donors (Lipinski definition) is 3. The molecule has 4 N–H and O–H groups in total. The fraction of sp³-hybridized carbons (Fsp3) is 0.538. The van der Waals surface area contributed by atoms with Crippen LogP contribution in [0.3, 0.4) is 0 Å². The molecule has 0 radical (unpaired) electrons. The van der Waals surface area contributed by atoms with Gasteiger partial charge in [0.05, 0.1) is 6.20 Å². The number of nitrogen functional groups attached to an aromatic ring is 1. The SMILES string of the molecule is CC(C)(CCCO)CNc1nc(N)cn2ccnc12. The van der Waals surface area contributed by atoms with Gasteiger partial charge >= 0.3 is 0 Å². The molecule has 2 aromatic heterocycles. The third-order valence-electron chi connectivity index (χ3n) is 3.14. The third kappa shape index (κ3) is 3.35. The van der Waals surface area contributed by atoms with E-state index in [4.69, 9.17) is 10.8 Å². The summed E-state index contributed by atoms with van der Waals surface area (Å²) >= 11 is 0. The van der Waals surface area contributed by atoms with Crippen LogP contribution in [0, 0.1) is 5.41 Å². The van der Waals surface area contributed by atoms with Gasteiger partial charge in [-0.15, -0.1) is 0 Å². The molecule has 2 heterocycles. The molecule has 0 amide bonds. The zero-order chi connectivity index (χ0) is 13.9. The Kier molecular flexibility index (Phi) is 3.90. The number of anilines is 2. The molecule has 0 aliphatic heterocycles. The van der Waals surface area contributed by atoms with Gasteiger partial charge in [0.25, 0.3) is 0 Å². The highest BCUT2D eigenvalue weighted by Crippen LogP contribution is 2.23. The lowest BCUT2D eigenvalue weighted by Crippen LogP contribution is -2.24. The van der Waals surface area contributed by atoms with E-state index in [2.05, 4.69) is 29.1 Å². The second kappa shape index (κ2) is 5.44. The first-order chi connectivity index (χ1) is 9.02. The van der Waals surface area contributed by atoms with Gasteiger partial charge in [-0.3, -0.25) is 0 Å². The summed E-state index contributed by atoms with van der Waals surface area (Å²) in [6, 6.07) is 0. The molecule has 0 bridgehead atoms. The van der Waals surface area contributed by atoms with E-state index in [1.807, 2.05) is 10.6 Å². The second-order valence-corrected chi connectivity index (χ2v) is 5.52. The van der Waals surface area contributed by atoms with Crippen LogP contribution in [-0.4, -0.2) is 32.6 Å². The van der Waals surface area contributed by atoms with Crippen LogP contribution in [0.5, 0.6) is 0 Å². The van der Waals surface area contributed by atoms with Gasteiger partial charge in [0, 0.05) is 25.5 Å². The van der Waals surface area contributed by atoms with Gasteiger partial charge in [-0.2, -0.15) is 0 Å². The van der Waals surface area contributed by atoms with Crippen molar-refractivity contribution in [1.29, 1.82) is 0 Å². The van der Waals surface area contributed by atoms with Crippen molar-refractivity contribution in [2.24, 2.45) is 5.41 Å². The molecule has 6 heteroatoms. The quantitative estimate of drug-likeness (QED) is 0.735. The van der Waals surface area contributed by atoms with E-state index >= 15 is 0 Å². The van der Waals surface area contributed by atoms with Crippen LogP contribution in [0.1, 0.15) is 26.7 Å². The van der Waals surface area contributed by atoms with Gasteiger partial charge in [-0.25, -0.2) is 9.97 Å². The van der Waals surface area contributed by atoms with Crippen molar-refractivity contribution in [1.82, 2.24) is 14.4 Å². The normalized spacial score (nSPS) is 11.9. The number of rotatable bonds is 6. The topological polar surface area (TPSA) is 88.5 Å². The number of fused-ring (bicyclic) bond motifs is 1. The first-order valence-electron chi connectivity index (χ1n) is 6.46. The smallest absolute Gasteiger partial charge is 0.180 e. The van der Waals surface area contributed by atoms with E-state index in [-0.39, 0.29) is 12.0 Å². The number of imidazole rings is 1. The summed E-state index contributed by atoms with van der Waals surface area (Å²) in [5.74, 6) is 1.16. The highest BCUT2D eigenvalue weighted by molar-refractivity contribution is 5.64. The summed E-state index contributed by atoms with van der Waals surface area (Å²) in [6.07, 6.45) is 7.06. The highest BCUT2D eigenvalue weighted by atomic mass is 16.2. The van der Waals surface area contributed by atoms with Gasteiger partial charge < -0.3 is 20.6 Å². The minimum absolute atomic E-state index is 0.0819. The van der Waals surface area contributed by atoms with Crippen molar-refractivity contribution < 1.29 is 5.11 Å². The molecule has 0 aliphatic carbocycles. The Morgan fingerprint density at radius 2 is 2.26 bits per heavy atom. The van der Waals surface area contributed by atoms with Crippen molar-refractivity contribution in [2.45, 2.75) is 26.7 Å². The Bertz CT molecular complexity index is 549. The standard InChI is InChI=1S/C13H21N5O/c1-13(2,4-3-7-19)9-16-11-12-15-5-6-18(12)8-10(14)17-11/h5-6,8,19H,3-4,7,9,14H2,1-2H3,(H,16,17). The summed E-state index contributed by atoms with van der Waals surface area (Å²) in [7, 11) is 0.